The Morgan fingerprint density at radius 3 is 2.57 bits per heavy atom. The molecule has 9 nitrogen and oxygen atoms in total. The molecule has 1 aromatic heterocycles. The van der Waals surface area contributed by atoms with Gasteiger partial charge in [-0.2, -0.15) is 21.9 Å². The minimum absolute atomic E-state index is 0.0157. The van der Waals surface area contributed by atoms with Crippen molar-refractivity contribution in [2.75, 3.05) is 62.5 Å². The second kappa shape index (κ2) is 10.2. The van der Waals surface area contributed by atoms with E-state index in [-0.39, 0.29) is 51.0 Å². The second-order valence-corrected chi connectivity index (χ2v) is 10.2. The summed E-state index contributed by atoms with van der Waals surface area (Å²) < 4.78 is 90.2. The predicted molar refractivity (Wildman–Crippen MR) is 119 cm³/mol. The van der Waals surface area contributed by atoms with E-state index in [0.717, 1.165) is 18.4 Å². The van der Waals surface area contributed by atoms with E-state index < -0.39 is 39.7 Å². The number of anilines is 2. The molecule has 0 amide bonds. The molecule has 192 valence electrons. The van der Waals surface area contributed by atoms with Gasteiger partial charge < -0.3 is 19.7 Å². The number of alkyl halides is 3. The summed E-state index contributed by atoms with van der Waals surface area (Å²) in [6.45, 7) is 1.43. The summed E-state index contributed by atoms with van der Waals surface area (Å²) in [5.41, 5.74) is -0.245. The van der Waals surface area contributed by atoms with Gasteiger partial charge in [0.25, 0.3) is 0 Å². The van der Waals surface area contributed by atoms with Crippen LogP contribution in [0.3, 0.4) is 0 Å². The van der Waals surface area contributed by atoms with Crippen LogP contribution in [0.1, 0.15) is 17.2 Å². The normalized spacial score (nSPS) is 22.3. The molecule has 2 saturated heterocycles. The van der Waals surface area contributed by atoms with Gasteiger partial charge in [-0.05, 0) is 17.7 Å². The molecule has 35 heavy (non-hydrogen) atoms. The molecule has 0 spiro atoms. The number of rotatable bonds is 6. The lowest BCUT2D eigenvalue weighted by molar-refractivity contribution is -0.137. The molecule has 2 atom stereocenters. The maximum absolute atomic E-state index is 15.4. The van der Waals surface area contributed by atoms with Crippen LogP contribution in [0.2, 0.25) is 0 Å². The Bertz CT molecular complexity index is 1130. The van der Waals surface area contributed by atoms with Gasteiger partial charge >= 0.3 is 6.18 Å². The van der Waals surface area contributed by atoms with Gasteiger partial charge in [0.15, 0.2) is 11.6 Å². The van der Waals surface area contributed by atoms with Crippen LogP contribution in [-0.4, -0.2) is 81.1 Å². The summed E-state index contributed by atoms with van der Waals surface area (Å²) in [5, 5.41) is 2.86. The van der Waals surface area contributed by atoms with E-state index in [1.807, 2.05) is 0 Å². The molecule has 2 aliphatic heterocycles. The van der Waals surface area contributed by atoms with Crippen molar-refractivity contribution in [3.8, 4) is 0 Å². The Morgan fingerprint density at radius 2 is 1.89 bits per heavy atom. The van der Waals surface area contributed by atoms with Crippen molar-refractivity contribution in [3.63, 3.8) is 0 Å². The highest BCUT2D eigenvalue weighted by atomic mass is 32.2. The molecular weight excluding hydrogens is 494 g/mol. The van der Waals surface area contributed by atoms with E-state index in [4.69, 9.17) is 9.47 Å². The third-order valence-electron chi connectivity index (χ3n) is 5.86. The molecule has 14 heteroatoms. The summed E-state index contributed by atoms with van der Waals surface area (Å²) in [5.74, 6) is -0.840. The monoisotopic (exact) mass is 519 g/mol. The standard InChI is InChI=1S/C21H25F4N5O4S/c1-35(31,32)29-6-9-34-16(11-29)10-26-19-18(22)20(28-13-27-19)30-7-8-33-12-17(30)14-2-4-15(5-3-14)21(23,24)25/h2-5,13,16-17H,6-12H2,1H3,(H,26,27,28). The summed E-state index contributed by atoms with van der Waals surface area (Å²) in [6.07, 6.45) is -2.65. The average molecular weight is 520 g/mol. The van der Waals surface area contributed by atoms with Gasteiger partial charge in [0, 0.05) is 26.2 Å². The van der Waals surface area contributed by atoms with Crippen molar-refractivity contribution in [1.29, 1.82) is 0 Å². The Labute approximate surface area is 200 Å². The highest BCUT2D eigenvalue weighted by Crippen LogP contribution is 2.34. The van der Waals surface area contributed by atoms with E-state index in [9.17, 15) is 21.6 Å². The highest BCUT2D eigenvalue weighted by molar-refractivity contribution is 7.88. The number of sulfonamides is 1. The lowest BCUT2D eigenvalue weighted by atomic mass is 10.0. The third-order valence-corrected chi connectivity index (χ3v) is 7.13. The second-order valence-electron chi connectivity index (χ2n) is 8.26. The smallest absolute Gasteiger partial charge is 0.377 e. The van der Waals surface area contributed by atoms with Gasteiger partial charge in [0.05, 0.1) is 43.8 Å². The summed E-state index contributed by atoms with van der Waals surface area (Å²) >= 11 is 0. The molecule has 2 unspecified atom stereocenters. The Morgan fingerprint density at radius 1 is 1.14 bits per heavy atom. The summed E-state index contributed by atoms with van der Waals surface area (Å²) in [7, 11) is -3.37. The van der Waals surface area contributed by atoms with Crippen LogP contribution in [0.25, 0.3) is 0 Å². The van der Waals surface area contributed by atoms with E-state index in [0.29, 0.717) is 12.2 Å². The number of morpholine rings is 2. The van der Waals surface area contributed by atoms with Crippen LogP contribution >= 0.6 is 0 Å². The van der Waals surface area contributed by atoms with E-state index in [1.165, 1.54) is 22.8 Å². The van der Waals surface area contributed by atoms with Gasteiger partial charge in [-0.15, -0.1) is 0 Å². The van der Waals surface area contributed by atoms with Crippen LogP contribution < -0.4 is 10.2 Å². The minimum atomic E-state index is -4.46. The van der Waals surface area contributed by atoms with Crippen LogP contribution in [-0.2, 0) is 25.7 Å². The van der Waals surface area contributed by atoms with Crippen molar-refractivity contribution in [2.24, 2.45) is 0 Å². The first-order chi connectivity index (χ1) is 16.5. The van der Waals surface area contributed by atoms with Gasteiger partial charge in [-0.3, -0.25) is 0 Å². The van der Waals surface area contributed by atoms with Gasteiger partial charge in [-0.1, -0.05) is 12.1 Å². The van der Waals surface area contributed by atoms with Crippen molar-refractivity contribution in [3.05, 3.63) is 47.5 Å². The minimum Gasteiger partial charge on any atom is -0.377 e. The lowest BCUT2D eigenvalue weighted by Crippen LogP contribution is -2.47. The number of hydrogen-bond acceptors (Lipinski definition) is 8. The maximum atomic E-state index is 15.4. The number of ether oxygens (including phenoxy) is 2. The Hall–Kier alpha value is -2.55. The molecule has 0 bridgehead atoms. The van der Waals surface area contributed by atoms with E-state index >= 15 is 4.39 Å². The lowest BCUT2D eigenvalue weighted by Gasteiger charge is -2.37. The van der Waals surface area contributed by atoms with Crippen LogP contribution in [0.4, 0.5) is 29.2 Å². The number of aromatic nitrogens is 2. The Kier molecular flexibility index (Phi) is 7.45. The van der Waals surface area contributed by atoms with Crippen LogP contribution in [0.5, 0.6) is 0 Å². The molecule has 2 aliphatic rings. The average Bonchev–Trinajstić information content (AvgIpc) is 2.83. The molecule has 2 aromatic rings. The molecule has 3 heterocycles. The number of nitrogens with one attached hydrogen (secondary N) is 1. The number of benzene rings is 1. The van der Waals surface area contributed by atoms with Gasteiger partial charge in [0.1, 0.15) is 6.33 Å². The van der Waals surface area contributed by atoms with Gasteiger partial charge in [-0.25, -0.2) is 18.4 Å². The molecule has 0 radical (unpaired) electrons. The highest BCUT2D eigenvalue weighted by Gasteiger charge is 2.33. The SMILES string of the molecule is CS(=O)(=O)N1CCOC(CNc2ncnc(N3CCOCC3c3ccc(C(F)(F)F)cc3)c2F)C1. The summed E-state index contributed by atoms with van der Waals surface area (Å²) in [4.78, 5) is 9.67. The molecule has 1 aromatic carbocycles. The largest absolute Gasteiger partial charge is 0.416 e. The fraction of sp³-hybridized carbons (Fsp3) is 0.524. The van der Waals surface area contributed by atoms with E-state index in [1.54, 1.807) is 4.90 Å². The zero-order chi connectivity index (χ0) is 25.2. The van der Waals surface area contributed by atoms with Gasteiger partial charge in [0.2, 0.25) is 15.8 Å². The maximum Gasteiger partial charge on any atom is 0.416 e. The van der Waals surface area contributed by atoms with Crippen molar-refractivity contribution >= 4 is 21.7 Å². The van der Waals surface area contributed by atoms with E-state index in [2.05, 4.69) is 15.3 Å². The number of nitrogens with zero attached hydrogens (tertiary/aromatic N) is 4. The zero-order valence-corrected chi connectivity index (χ0v) is 19.6. The fourth-order valence-electron chi connectivity index (χ4n) is 4.04. The van der Waals surface area contributed by atoms with Crippen molar-refractivity contribution in [2.45, 2.75) is 18.3 Å². The van der Waals surface area contributed by atoms with Crippen LogP contribution in [0, 0.1) is 5.82 Å². The molecule has 1 N–H and O–H groups in total. The summed E-state index contributed by atoms with van der Waals surface area (Å²) in [6, 6.07) is 4.11. The van der Waals surface area contributed by atoms with Crippen molar-refractivity contribution < 1.29 is 35.5 Å². The molecule has 4 rings (SSSR count). The topological polar surface area (TPSA) is 96.9 Å². The van der Waals surface area contributed by atoms with Crippen molar-refractivity contribution in [1.82, 2.24) is 14.3 Å². The third kappa shape index (κ3) is 6.00. The first-order valence-corrected chi connectivity index (χ1v) is 12.7. The molecule has 2 fully saturated rings. The number of halogens is 4. The van der Waals surface area contributed by atoms with Crippen LogP contribution in [0.15, 0.2) is 30.6 Å². The fourth-order valence-corrected chi connectivity index (χ4v) is 4.88. The quantitative estimate of drug-likeness (QED) is 0.581. The molecule has 0 aliphatic carbocycles. The Balaban J connectivity index is 1.50. The number of hydrogen-bond donors (Lipinski definition) is 1. The zero-order valence-electron chi connectivity index (χ0n) is 18.8. The first kappa shape index (κ1) is 25.5. The molecular formula is C21H25F4N5O4S. The predicted octanol–water partition coefficient (Wildman–Crippen LogP) is 2.28. The molecule has 0 saturated carbocycles. The first-order valence-electron chi connectivity index (χ1n) is 10.9.